The molecule has 6 nitrogen and oxygen atoms in total. The average Bonchev–Trinajstić information content (AvgIpc) is 3.70. The van der Waals surface area contributed by atoms with Crippen LogP contribution < -0.4 is 4.90 Å². The molecule has 0 amide bonds. The number of hydrogen-bond donors (Lipinski definition) is 0. The van der Waals surface area contributed by atoms with Crippen molar-refractivity contribution in [3.8, 4) is 74.5 Å². The zero-order chi connectivity index (χ0) is 43.6. The molecule has 0 spiro atoms. The van der Waals surface area contributed by atoms with Crippen LogP contribution in [0, 0.1) is 45.3 Å². The van der Waals surface area contributed by atoms with Crippen LogP contribution in [0.1, 0.15) is 22.3 Å². The Morgan fingerprint density at radius 3 is 1.00 bits per heavy atom. The Balaban J connectivity index is 1.07. The van der Waals surface area contributed by atoms with Crippen LogP contribution in [0.5, 0.6) is 0 Å². The average molecular weight is 815 g/mol. The lowest BCUT2D eigenvalue weighted by Gasteiger charge is -2.25. The number of hydrogen-bond acceptors (Lipinski definition) is 5. The summed E-state index contributed by atoms with van der Waals surface area (Å²) in [7, 11) is 0. The fourth-order valence-electron chi connectivity index (χ4n) is 8.55. The van der Waals surface area contributed by atoms with Crippen LogP contribution in [0.3, 0.4) is 0 Å². The highest BCUT2D eigenvalue weighted by molar-refractivity contribution is 6.11. The van der Waals surface area contributed by atoms with Gasteiger partial charge in [0.1, 0.15) is 24.3 Å². The van der Waals surface area contributed by atoms with Gasteiger partial charge < -0.3 is 9.47 Å². The van der Waals surface area contributed by atoms with Gasteiger partial charge in [-0.25, -0.2) is 0 Å². The predicted octanol–water partition coefficient (Wildman–Crippen LogP) is 14.4. The number of rotatable bonds is 8. The Kier molecular flexibility index (Phi) is 10.0. The molecule has 64 heavy (non-hydrogen) atoms. The van der Waals surface area contributed by atoms with Crippen molar-refractivity contribution in [1.82, 2.24) is 4.57 Å². The monoisotopic (exact) mass is 814 g/mol. The van der Waals surface area contributed by atoms with Crippen molar-refractivity contribution in [2.24, 2.45) is 0 Å². The topological polar surface area (TPSA) is 103 Å². The molecule has 0 N–H and O–H groups in total. The van der Waals surface area contributed by atoms with E-state index in [1.54, 1.807) is 24.3 Å². The van der Waals surface area contributed by atoms with Crippen LogP contribution in [-0.4, -0.2) is 4.57 Å². The molecule has 1 aromatic heterocycles. The van der Waals surface area contributed by atoms with Gasteiger partial charge in [0.15, 0.2) is 0 Å². The molecule has 0 bridgehead atoms. The summed E-state index contributed by atoms with van der Waals surface area (Å²) in [6.45, 7) is 0. The van der Waals surface area contributed by atoms with Crippen LogP contribution in [0.4, 0.5) is 17.1 Å². The Labute approximate surface area is 370 Å². The van der Waals surface area contributed by atoms with E-state index in [-0.39, 0.29) is 0 Å². The maximum absolute atomic E-state index is 9.62. The summed E-state index contributed by atoms with van der Waals surface area (Å²) in [5, 5.41) is 40.3. The van der Waals surface area contributed by atoms with Gasteiger partial charge in [0, 0.05) is 33.5 Å². The lowest BCUT2D eigenvalue weighted by molar-refractivity contribution is 1.17. The van der Waals surface area contributed by atoms with Crippen molar-refractivity contribution in [1.29, 1.82) is 21.0 Å². The van der Waals surface area contributed by atoms with E-state index in [0.717, 1.165) is 89.1 Å². The Morgan fingerprint density at radius 2 is 0.625 bits per heavy atom. The minimum atomic E-state index is 0.362. The first-order chi connectivity index (χ1) is 31.5. The van der Waals surface area contributed by atoms with Crippen molar-refractivity contribution in [2.45, 2.75) is 0 Å². The van der Waals surface area contributed by atoms with Gasteiger partial charge >= 0.3 is 0 Å². The van der Waals surface area contributed by atoms with E-state index in [2.05, 4.69) is 191 Å². The van der Waals surface area contributed by atoms with Crippen molar-refractivity contribution in [3.05, 3.63) is 229 Å². The van der Waals surface area contributed by atoms with Crippen molar-refractivity contribution in [3.63, 3.8) is 0 Å². The molecule has 0 atom stereocenters. The van der Waals surface area contributed by atoms with E-state index in [9.17, 15) is 21.0 Å². The molecule has 10 aromatic rings. The molecule has 6 heteroatoms. The largest absolute Gasteiger partial charge is 0.311 e. The molecule has 0 aliphatic carbocycles. The third-order valence-electron chi connectivity index (χ3n) is 11.8. The van der Waals surface area contributed by atoms with Gasteiger partial charge in [-0.05, 0) is 142 Å². The number of fused-ring (bicyclic) bond motifs is 3. The van der Waals surface area contributed by atoms with E-state index in [1.807, 2.05) is 24.3 Å². The molecular formula is C58H34N6. The summed E-state index contributed by atoms with van der Waals surface area (Å²) in [6, 6.07) is 78.6. The number of anilines is 3. The summed E-state index contributed by atoms with van der Waals surface area (Å²) < 4.78 is 2.33. The molecule has 296 valence electrons. The van der Waals surface area contributed by atoms with Gasteiger partial charge in [-0.2, -0.15) is 21.0 Å². The number of nitrogens with zero attached hydrogens (tertiary/aromatic N) is 6. The summed E-state index contributed by atoms with van der Waals surface area (Å²) in [5.41, 5.74) is 15.8. The molecule has 0 aliphatic rings. The summed E-state index contributed by atoms with van der Waals surface area (Å²) in [6.07, 6.45) is 0. The van der Waals surface area contributed by atoms with E-state index in [1.165, 1.54) is 0 Å². The quantitative estimate of drug-likeness (QED) is 0.152. The first-order valence-corrected chi connectivity index (χ1v) is 20.7. The van der Waals surface area contributed by atoms with Gasteiger partial charge in [0.25, 0.3) is 0 Å². The molecule has 0 saturated carbocycles. The van der Waals surface area contributed by atoms with Gasteiger partial charge in [-0.15, -0.1) is 0 Å². The van der Waals surface area contributed by atoms with Crippen LogP contribution >= 0.6 is 0 Å². The van der Waals surface area contributed by atoms with Gasteiger partial charge in [0.05, 0.1) is 33.3 Å². The second-order valence-electron chi connectivity index (χ2n) is 15.4. The number of nitriles is 4. The predicted molar refractivity (Wildman–Crippen MR) is 256 cm³/mol. The maximum Gasteiger partial charge on any atom is 0.101 e. The second-order valence-corrected chi connectivity index (χ2v) is 15.4. The molecule has 0 unspecified atom stereocenters. The maximum atomic E-state index is 9.62. The van der Waals surface area contributed by atoms with E-state index in [0.29, 0.717) is 22.3 Å². The number of benzene rings is 9. The molecule has 10 rings (SSSR count). The molecule has 9 aromatic carbocycles. The number of aromatic nitrogens is 1. The summed E-state index contributed by atoms with van der Waals surface area (Å²) in [4.78, 5) is 2.26. The highest BCUT2D eigenvalue weighted by Crippen LogP contribution is 2.40. The fraction of sp³-hybridized carbons (Fsp3) is 0. The number of para-hydroxylation sites is 2. The molecule has 1 heterocycles. The fourth-order valence-corrected chi connectivity index (χ4v) is 8.55. The smallest absolute Gasteiger partial charge is 0.101 e. The standard InChI is InChI=1S/C58H34N6/c59-35-47-21-19-43(31-49(47)37-61)39-11-15-41(16-12-39)45-23-29-57-55(33-45)56-34-46(42-17-13-40(14-18-42)44-20-22-48(36-60)50(32-44)38-62)24-30-58(56)64(57)54-27-25-53(26-28-54)63(51-7-3-1-4-8-51)52-9-5-2-6-10-52/h1-34H. The van der Waals surface area contributed by atoms with Gasteiger partial charge in [-0.3, -0.25) is 0 Å². The Morgan fingerprint density at radius 1 is 0.297 bits per heavy atom. The highest BCUT2D eigenvalue weighted by Gasteiger charge is 2.17. The molecule has 0 radical (unpaired) electrons. The van der Waals surface area contributed by atoms with E-state index >= 15 is 0 Å². The zero-order valence-corrected chi connectivity index (χ0v) is 34.3. The van der Waals surface area contributed by atoms with Crippen LogP contribution in [0.15, 0.2) is 206 Å². The third-order valence-corrected chi connectivity index (χ3v) is 11.8. The molecule has 0 fully saturated rings. The summed E-state index contributed by atoms with van der Waals surface area (Å²) >= 11 is 0. The molecule has 0 aliphatic heterocycles. The van der Waals surface area contributed by atoms with Crippen molar-refractivity contribution in [2.75, 3.05) is 4.90 Å². The van der Waals surface area contributed by atoms with Crippen LogP contribution in [0.25, 0.3) is 72.0 Å². The molecular weight excluding hydrogens is 781 g/mol. The minimum absolute atomic E-state index is 0.362. The SMILES string of the molecule is N#Cc1ccc(-c2ccc(-c3ccc4c(c3)c3cc(-c5ccc(-c6ccc(C#N)c(C#N)c6)cc5)ccc3n4-c3ccc(N(c4ccccc4)c4ccccc4)cc3)cc2)cc1C#N. The Hall–Kier alpha value is -9.46. The first kappa shape index (κ1) is 38.7. The third kappa shape index (κ3) is 7.07. The van der Waals surface area contributed by atoms with Crippen LogP contribution in [-0.2, 0) is 0 Å². The highest BCUT2D eigenvalue weighted by atomic mass is 15.1. The first-order valence-electron chi connectivity index (χ1n) is 20.7. The lowest BCUT2D eigenvalue weighted by Crippen LogP contribution is -2.09. The molecule has 0 saturated heterocycles. The van der Waals surface area contributed by atoms with Gasteiger partial charge in [0.2, 0.25) is 0 Å². The zero-order valence-electron chi connectivity index (χ0n) is 34.3. The van der Waals surface area contributed by atoms with Crippen LogP contribution in [0.2, 0.25) is 0 Å². The van der Waals surface area contributed by atoms with Crippen molar-refractivity contribution >= 4 is 38.9 Å². The van der Waals surface area contributed by atoms with E-state index in [4.69, 9.17) is 0 Å². The summed E-state index contributed by atoms with van der Waals surface area (Å²) in [5.74, 6) is 0. The van der Waals surface area contributed by atoms with Crippen molar-refractivity contribution < 1.29 is 0 Å². The minimum Gasteiger partial charge on any atom is -0.311 e. The normalized spacial score (nSPS) is 10.8. The Bertz CT molecular complexity index is 3350. The lowest BCUT2D eigenvalue weighted by atomic mass is 9.96. The second kappa shape index (κ2) is 16.5. The van der Waals surface area contributed by atoms with Gasteiger partial charge in [-0.1, -0.05) is 109 Å². The van der Waals surface area contributed by atoms with E-state index < -0.39 is 0 Å².